The van der Waals surface area contributed by atoms with Gasteiger partial charge in [-0.3, -0.25) is 14.5 Å². The zero-order chi connectivity index (χ0) is 18.1. The molecule has 0 aromatic heterocycles. The van der Waals surface area contributed by atoms with Crippen LogP contribution in [0.4, 0.5) is 0 Å². The number of likely N-dealkylation sites (tertiary alicyclic amines) is 1. The number of carbonyl (C=O) groups is 2. The van der Waals surface area contributed by atoms with Crippen molar-refractivity contribution in [2.75, 3.05) is 20.8 Å². The second-order valence-corrected chi connectivity index (χ2v) is 7.99. The standard InChI is InChI=1S/C21H23NO4/c1-25-15-6-3-12(11-16(15)26-2)7-10-22-19(23)17-13-4-5-14(18(17)20(22)24)21(13)8-9-21/h3-6,11,13-14,17-18H,7-10H2,1-2H3/t13-,14-,17-,18-/m0/s1. The largest absolute Gasteiger partial charge is 0.493 e. The molecule has 1 spiro atoms. The SMILES string of the molecule is COc1ccc(CCN2C(=O)[C@@H]3[C@@H](C2=O)[C@@H]2C=C[C@@H]3C23CC3)cc1OC. The predicted octanol–water partition coefficient (Wildman–Crippen LogP) is 2.44. The number of hydrogen-bond donors (Lipinski definition) is 0. The van der Waals surface area contributed by atoms with Crippen LogP contribution < -0.4 is 9.47 Å². The third-order valence-electron chi connectivity index (χ3n) is 7.02. The lowest BCUT2D eigenvalue weighted by Gasteiger charge is -2.21. The van der Waals surface area contributed by atoms with Crippen LogP contribution in [0.25, 0.3) is 0 Å². The van der Waals surface area contributed by atoms with Crippen molar-refractivity contribution in [2.45, 2.75) is 19.3 Å². The van der Waals surface area contributed by atoms with Crippen LogP contribution in [-0.2, 0) is 16.0 Å². The summed E-state index contributed by atoms with van der Waals surface area (Å²) in [5.74, 6) is 1.80. The van der Waals surface area contributed by atoms with Crippen LogP contribution in [0.1, 0.15) is 18.4 Å². The molecule has 5 heteroatoms. The number of nitrogens with zero attached hydrogens (tertiary/aromatic N) is 1. The zero-order valence-electron chi connectivity index (χ0n) is 15.1. The van der Waals surface area contributed by atoms with Gasteiger partial charge in [0, 0.05) is 6.54 Å². The van der Waals surface area contributed by atoms with Gasteiger partial charge in [0.1, 0.15) is 0 Å². The molecule has 1 aromatic carbocycles. The number of rotatable bonds is 5. The molecule has 2 amide bonds. The number of allylic oxidation sites excluding steroid dienone is 2. The highest BCUT2D eigenvalue weighted by Crippen LogP contribution is 2.73. The smallest absolute Gasteiger partial charge is 0.233 e. The van der Waals surface area contributed by atoms with Gasteiger partial charge in [-0.1, -0.05) is 18.2 Å². The first-order chi connectivity index (χ1) is 12.6. The maximum Gasteiger partial charge on any atom is 0.233 e. The van der Waals surface area contributed by atoms with Gasteiger partial charge in [-0.15, -0.1) is 0 Å². The number of imide groups is 1. The summed E-state index contributed by atoms with van der Waals surface area (Å²) in [5.41, 5.74) is 1.29. The van der Waals surface area contributed by atoms with E-state index in [-0.39, 0.29) is 29.1 Å². The molecule has 2 saturated carbocycles. The van der Waals surface area contributed by atoms with Crippen LogP contribution in [0, 0.1) is 29.1 Å². The lowest BCUT2D eigenvalue weighted by Crippen LogP contribution is -2.36. The normalized spacial score (nSPS) is 32.5. The minimum atomic E-state index is -0.106. The number of benzene rings is 1. The summed E-state index contributed by atoms with van der Waals surface area (Å²) in [6.45, 7) is 0.437. The molecule has 1 saturated heterocycles. The Kier molecular flexibility index (Phi) is 3.27. The highest BCUT2D eigenvalue weighted by molar-refractivity contribution is 6.06. The van der Waals surface area contributed by atoms with E-state index in [0.29, 0.717) is 36.3 Å². The van der Waals surface area contributed by atoms with E-state index in [1.54, 1.807) is 14.2 Å². The fourth-order valence-corrected chi connectivity index (χ4v) is 5.64. The summed E-state index contributed by atoms with van der Waals surface area (Å²) in [4.78, 5) is 27.5. The third kappa shape index (κ3) is 1.91. The molecule has 3 aliphatic carbocycles. The molecular weight excluding hydrogens is 330 g/mol. The molecule has 1 heterocycles. The Balaban J connectivity index is 1.32. The first kappa shape index (κ1) is 15.9. The van der Waals surface area contributed by atoms with Crippen molar-refractivity contribution in [3.8, 4) is 11.5 Å². The zero-order valence-corrected chi connectivity index (χ0v) is 15.1. The number of hydrogen-bond acceptors (Lipinski definition) is 4. The minimum Gasteiger partial charge on any atom is -0.493 e. The van der Waals surface area contributed by atoms with Gasteiger partial charge in [0.15, 0.2) is 11.5 Å². The van der Waals surface area contributed by atoms with Crippen molar-refractivity contribution in [3.05, 3.63) is 35.9 Å². The number of methoxy groups -OCH3 is 2. The average Bonchev–Trinajstić information content (AvgIpc) is 3.26. The summed E-state index contributed by atoms with van der Waals surface area (Å²) in [6, 6.07) is 5.73. The van der Waals surface area contributed by atoms with Crippen LogP contribution in [0.5, 0.6) is 11.5 Å². The molecule has 0 radical (unpaired) electrons. The number of ether oxygens (including phenoxy) is 2. The van der Waals surface area contributed by atoms with Gasteiger partial charge < -0.3 is 9.47 Å². The Morgan fingerprint density at radius 2 is 1.62 bits per heavy atom. The van der Waals surface area contributed by atoms with Crippen molar-refractivity contribution < 1.29 is 19.1 Å². The lowest BCUT2D eigenvalue weighted by atomic mass is 9.85. The quantitative estimate of drug-likeness (QED) is 0.603. The van der Waals surface area contributed by atoms with Gasteiger partial charge in [0.05, 0.1) is 26.1 Å². The highest BCUT2D eigenvalue weighted by atomic mass is 16.5. The van der Waals surface area contributed by atoms with E-state index in [1.165, 1.54) is 17.7 Å². The van der Waals surface area contributed by atoms with E-state index in [9.17, 15) is 9.59 Å². The van der Waals surface area contributed by atoms with E-state index in [4.69, 9.17) is 9.47 Å². The molecule has 1 aliphatic heterocycles. The molecule has 1 aromatic rings. The second kappa shape index (κ2) is 5.35. The topological polar surface area (TPSA) is 55.8 Å². The van der Waals surface area contributed by atoms with Crippen molar-refractivity contribution in [2.24, 2.45) is 29.1 Å². The Hall–Kier alpha value is -2.30. The molecule has 0 N–H and O–H groups in total. The van der Waals surface area contributed by atoms with Gasteiger partial charge >= 0.3 is 0 Å². The van der Waals surface area contributed by atoms with Crippen LogP contribution in [0.15, 0.2) is 30.4 Å². The number of carbonyl (C=O) groups excluding carboxylic acids is 2. The summed E-state index contributed by atoms with van der Waals surface area (Å²) in [6.07, 6.45) is 7.40. The van der Waals surface area contributed by atoms with Crippen LogP contribution in [0.2, 0.25) is 0 Å². The average molecular weight is 353 g/mol. The molecule has 3 fully saturated rings. The Morgan fingerprint density at radius 1 is 1.00 bits per heavy atom. The fraction of sp³-hybridized carbons (Fsp3) is 0.524. The lowest BCUT2D eigenvalue weighted by molar-refractivity contribution is -0.141. The number of fused-ring (bicyclic) bond motifs is 3. The van der Waals surface area contributed by atoms with Crippen LogP contribution >= 0.6 is 0 Å². The molecule has 0 unspecified atom stereocenters. The summed E-state index contributed by atoms with van der Waals surface area (Å²) >= 11 is 0. The Morgan fingerprint density at radius 3 is 2.15 bits per heavy atom. The Bertz CT molecular complexity index is 791. The van der Waals surface area contributed by atoms with Crippen molar-refractivity contribution in [1.82, 2.24) is 4.90 Å². The Labute approximate surface area is 153 Å². The van der Waals surface area contributed by atoms with Crippen molar-refractivity contribution in [3.63, 3.8) is 0 Å². The molecule has 136 valence electrons. The second-order valence-electron chi connectivity index (χ2n) is 7.99. The number of amides is 2. The van der Waals surface area contributed by atoms with Crippen molar-refractivity contribution >= 4 is 11.8 Å². The molecule has 4 aliphatic rings. The van der Waals surface area contributed by atoms with Gasteiger partial charge in [0.2, 0.25) is 11.8 Å². The van der Waals surface area contributed by atoms with E-state index < -0.39 is 0 Å². The first-order valence-corrected chi connectivity index (χ1v) is 9.35. The van der Waals surface area contributed by atoms with Crippen LogP contribution in [-0.4, -0.2) is 37.5 Å². The van der Waals surface area contributed by atoms with E-state index >= 15 is 0 Å². The molecule has 5 nitrogen and oxygen atoms in total. The predicted molar refractivity (Wildman–Crippen MR) is 94.7 cm³/mol. The van der Waals surface area contributed by atoms with Gasteiger partial charge in [-0.2, -0.15) is 0 Å². The maximum absolute atomic E-state index is 13.0. The van der Waals surface area contributed by atoms with Gasteiger partial charge in [0.25, 0.3) is 0 Å². The molecule has 26 heavy (non-hydrogen) atoms. The maximum atomic E-state index is 13.0. The minimum absolute atomic E-state index is 0.0450. The van der Waals surface area contributed by atoms with Crippen LogP contribution in [0.3, 0.4) is 0 Å². The summed E-state index contributed by atoms with van der Waals surface area (Å²) in [7, 11) is 3.21. The molecule has 4 atom stereocenters. The molecular formula is C21H23NO4. The van der Waals surface area contributed by atoms with Crippen molar-refractivity contribution in [1.29, 1.82) is 0 Å². The summed E-state index contributed by atoms with van der Waals surface area (Å²) < 4.78 is 10.6. The monoisotopic (exact) mass is 353 g/mol. The molecule has 5 rings (SSSR count). The third-order valence-corrected chi connectivity index (χ3v) is 7.02. The van der Waals surface area contributed by atoms with Gasteiger partial charge in [-0.25, -0.2) is 0 Å². The van der Waals surface area contributed by atoms with Gasteiger partial charge in [-0.05, 0) is 54.2 Å². The first-order valence-electron chi connectivity index (χ1n) is 9.35. The van der Waals surface area contributed by atoms with E-state index in [0.717, 1.165) is 5.56 Å². The fourth-order valence-electron chi connectivity index (χ4n) is 5.64. The summed E-state index contributed by atoms with van der Waals surface area (Å²) in [5, 5.41) is 0. The van der Waals surface area contributed by atoms with E-state index in [2.05, 4.69) is 12.2 Å². The molecule has 2 bridgehead atoms. The highest BCUT2D eigenvalue weighted by Gasteiger charge is 2.73. The van der Waals surface area contributed by atoms with E-state index in [1.807, 2.05) is 18.2 Å².